The van der Waals surface area contributed by atoms with Crippen LogP contribution in [0.15, 0.2) is 0 Å². The zero-order valence-electron chi connectivity index (χ0n) is 14.8. The molecule has 138 valence electrons. The van der Waals surface area contributed by atoms with Crippen LogP contribution in [-0.4, -0.2) is 50.8 Å². The lowest BCUT2D eigenvalue weighted by Gasteiger charge is -2.22. The van der Waals surface area contributed by atoms with E-state index in [4.69, 9.17) is 19.9 Å². The average Bonchev–Trinajstić information content (AvgIpc) is 2.43. The van der Waals surface area contributed by atoms with Crippen LogP contribution in [0, 0.1) is 5.92 Å². The summed E-state index contributed by atoms with van der Waals surface area (Å²) >= 11 is 0. The van der Waals surface area contributed by atoms with Crippen LogP contribution < -0.4 is 5.73 Å². The van der Waals surface area contributed by atoms with Crippen molar-refractivity contribution in [2.24, 2.45) is 11.7 Å². The Morgan fingerprint density at radius 3 is 2.04 bits per heavy atom. The summed E-state index contributed by atoms with van der Waals surface area (Å²) in [5.74, 6) is 0.581. The van der Waals surface area contributed by atoms with Crippen molar-refractivity contribution in [3.8, 4) is 0 Å². The molecule has 6 heteroatoms. The standard InChI is InChI=1S/C10H21NO4.C7H12O.H2/c1-9(2)15-8-7-14-6-5-13-4-3-10(11)12;1-2-7(8)6-4-3-5-6;/h9H,3-8H2,1-2H3,(H2,11,12);6H,2-5H2,1H3;1H. The molecule has 0 saturated heterocycles. The highest BCUT2D eigenvalue weighted by Gasteiger charge is 2.22. The number of hydrogen-bond acceptors (Lipinski definition) is 5. The first-order valence-corrected chi connectivity index (χ1v) is 8.55. The molecule has 0 heterocycles. The minimum Gasteiger partial charge on any atom is -0.379 e. The lowest BCUT2D eigenvalue weighted by Crippen LogP contribution is -2.20. The highest BCUT2D eigenvalue weighted by Crippen LogP contribution is 2.27. The molecule has 0 radical (unpaired) electrons. The van der Waals surface area contributed by atoms with Crippen LogP contribution in [0.1, 0.15) is 54.3 Å². The molecular weight excluding hydrogens is 298 g/mol. The summed E-state index contributed by atoms with van der Waals surface area (Å²) in [6, 6.07) is 0. The molecule has 1 saturated carbocycles. The molecule has 0 bridgehead atoms. The second-order valence-corrected chi connectivity index (χ2v) is 5.81. The molecule has 0 aliphatic heterocycles. The van der Waals surface area contributed by atoms with Gasteiger partial charge in [-0.25, -0.2) is 0 Å². The second-order valence-electron chi connectivity index (χ2n) is 5.81. The number of ketones is 1. The maximum absolute atomic E-state index is 10.8. The van der Waals surface area contributed by atoms with Gasteiger partial charge in [-0.2, -0.15) is 0 Å². The van der Waals surface area contributed by atoms with Crippen molar-refractivity contribution in [3.05, 3.63) is 0 Å². The van der Waals surface area contributed by atoms with Crippen LogP contribution in [0.3, 0.4) is 0 Å². The van der Waals surface area contributed by atoms with E-state index in [-0.39, 0.29) is 19.9 Å². The van der Waals surface area contributed by atoms with Gasteiger partial charge in [0.05, 0.1) is 39.1 Å². The summed E-state index contributed by atoms with van der Waals surface area (Å²) < 4.78 is 15.6. The zero-order chi connectivity index (χ0) is 17.5. The van der Waals surface area contributed by atoms with Crippen LogP contribution in [0.5, 0.6) is 0 Å². The van der Waals surface area contributed by atoms with E-state index in [9.17, 15) is 9.59 Å². The minimum absolute atomic E-state index is 0. The van der Waals surface area contributed by atoms with E-state index in [0.29, 0.717) is 44.7 Å². The highest BCUT2D eigenvalue weighted by molar-refractivity contribution is 5.81. The quantitative estimate of drug-likeness (QED) is 0.554. The number of carbonyl (C=O) groups is 2. The molecule has 0 aromatic carbocycles. The van der Waals surface area contributed by atoms with Crippen LogP contribution in [0.25, 0.3) is 0 Å². The van der Waals surface area contributed by atoms with E-state index in [0.717, 1.165) is 19.3 Å². The lowest BCUT2D eigenvalue weighted by molar-refractivity contribution is -0.124. The molecular formula is C17H35NO5. The van der Waals surface area contributed by atoms with E-state index in [2.05, 4.69) is 0 Å². The van der Waals surface area contributed by atoms with Crippen LogP contribution in [0.2, 0.25) is 0 Å². The largest absolute Gasteiger partial charge is 0.379 e. The van der Waals surface area contributed by atoms with Gasteiger partial charge in [0.15, 0.2) is 0 Å². The SMILES string of the molecule is CC(C)OCCOCCOCCC(N)=O.CCC(=O)C1CCC1.[HH]. The average molecular weight is 333 g/mol. The van der Waals surface area contributed by atoms with Gasteiger partial charge in [0, 0.05) is 20.2 Å². The Balaban J connectivity index is 0. The Bertz CT molecular complexity index is 322. The van der Waals surface area contributed by atoms with Gasteiger partial charge in [-0.3, -0.25) is 9.59 Å². The molecule has 0 aromatic heterocycles. The maximum atomic E-state index is 10.8. The van der Waals surface area contributed by atoms with Gasteiger partial charge >= 0.3 is 0 Å². The number of nitrogens with two attached hydrogens (primary N) is 1. The monoisotopic (exact) mass is 333 g/mol. The molecule has 1 aliphatic rings. The van der Waals surface area contributed by atoms with Gasteiger partial charge in [-0.05, 0) is 26.7 Å². The van der Waals surface area contributed by atoms with E-state index >= 15 is 0 Å². The third-order valence-electron chi connectivity index (χ3n) is 3.45. The normalized spacial score (nSPS) is 14.1. The fourth-order valence-electron chi connectivity index (χ4n) is 1.86. The van der Waals surface area contributed by atoms with Gasteiger partial charge in [-0.1, -0.05) is 13.3 Å². The van der Waals surface area contributed by atoms with Gasteiger partial charge in [0.1, 0.15) is 5.78 Å². The van der Waals surface area contributed by atoms with Crippen molar-refractivity contribution in [2.45, 2.75) is 59.0 Å². The first-order valence-electron chi connectivity index (χ1n) is 8.55. The van der Waals surface area contributed by atoms with Gasteiger partial charge < -0.3 is 19.9 Å². The maximum Gasteiger partial charge on any atom is 0.219 e. The molecule has 1 aliphatic carbocycles. The molecule has 1 rings (SSSR count). The molecule has 1 fully saturated rings. The Kier molecular flexibility index (Phi) is 14.0. The number of Topliss-reactive ketones (excluding diaryl/α,β-unsaturated/α-hetero) is 1. The Hall–Kier alpha value is -0.980. The fourth-order valence-corrected chi connectivity index (χ4v) is 1.86. The van der Waals surface area contributed by atoms with Crippen molar-refractivity contribution in [2.75, 3.05) is 33.0 Å². The third kappa shape index (κ3) is 14.3. The van der Waals surface area contributed by atoms with Crippen LogP contribution in [-0.2, 0) is 23.8 Å². The van der Waals surface area contributed by atoms with Gasteiger partial charge in [-0.15, -0.1) is 0 Å². The lowest BCUT2D eigenvalue weighted by atomic mass is 9.81. The minimum atomic E-state index is -0.346. The predicted octanol–water partition coefficient (Wildman–Crippen LogP) is 2.33. The fraction of sp³-hybridized carbons (Fsp3) is 0.882. The number of amides is 1. The summed E-state index contributed by atoms with van der Waals surface area (Å²) in [4.78, 5) is 21.1. The topological polar surface area (TPSA) is 87.8 Å². The Morgan fingerprint density at radius 1 is 1.09 bits per heavy atom. The number of ether oxygens (including phenoxy) is 3. The van der Waals surface area contributed by atoms with Crippen molar-refractivity contribution >= 4 is 11.7 Å². The molecule has 0 unspecified atom stereocenters. The van der Waals surface area contributed by atoms with Gasteiger partial charge in [0.2, 0.25) is 5.91 Å². The highest BCUT2D eigenvalue weighted by atomic mass is 16.5. The van der Waals surface area contributed by atoms with Crippen molar-refractivity contribution in [1.29, 1.82) is 0 Å². The zero-order valence-corrected chi connectivity index (χ0v) is 14.8. The predicted molar refractivity (Wildman–Crippen MR) is 91.3 cm³/mol. The molecule has 1 amide bonds. The first kappa shape index (κ1) is 22.0. The number of rotatable bonds is 12. The van der Waals surface area contributed by atoms with E-state index < -0.39 is 0 Å². The van der Waals surface area contributed by atoms with Crippen molar-refractivity contribution in [3.63, 3.8) is 0 Å². The molecule has 0 spiro atoms. The van der Waals surface area contributed by atoms with Crippen LogP contribution in [0.4, 0.5) is 0 Å². The summed E-state index contributed by atoms with van der Waals surface area (Å²) in [5, 5.41) is 0. The number of primary amides is 1. The molecule has 0 aromatic rings. The second kappa shape index (κ2) is 14.6. The number of carbonyl (C=O) groups excluding carboxylic acids is 2. The summed E-state index contributed by atoms with van der Waals surface area (Å²) in [6.07, 6.45) is 4.83. The van der Waals surface area contributed by atoms with E-state index in [1.165, 1.54) is 6.42 Å². The van der Waals surface area contributed by atoms with E-state index in [1.807, 2.05) is 20.8 Å². The molecule has 2 N–H and O–H groups in total. The van der Waals surface area contributed by atoms with Gasteiger partial charge in [0.25, 0.3) is 0 Å². The summed E-state index contributed by atoms with van der Waals surface area (Å²) in [7, 11) is 0. The van der Waals surface area contributed by atoms with E-state index in [1.54, 1.807) is 0 Å². The molecule has 0 atom stereocenters. The third-order valence-corrected chi connectivity index (χ3v) is 3.45. The summed E-state index contributed by atoms with van der Waals surface area (Å²) in [5.41, 5.74) is 4.93. The molecule has 23 heavy (non-hydrogen) atoms. The van der Waals surface area contributed by atoms with Crippen molar-refractivity contribution in [1.82, 2.24) is 0 Å². The Morgan fingerprint density at radius 2 is 1.65 bits per heavy atom. The van der Waals surface area contributed by atoms with Crippen molar-refractivity contribution < 1.29 is 25.2 Å². The van der Waals surface area contributed by atoms with Crippen LogP contribution >= 0.6 is 0 Å². The smallest absolute Gasteiger partial charge is 0.219 e. The molecule has 6 nitrogen and oxygen atoms in total. The Labute approximate surface area is 141 Å². The summed E-state index contributed by atoms with van der Waals surface area (Å²) in [6.45, 7) is 8.42. The first-order chi connectivity index (χ1) is 11.0. The number of hydrogen-bond donors (Lipinski definition) is 1.